The first-order valence-corrected chi connectivity index (χ1v) is 11.1. The van der Waals surface area contributed by atoms with Gasteiger partial charge in [-0.15, -0.1) is 0 Å². The lowest BCUT2D eigenvalue weighted by atomic mass is 9.98. The maximum Gasteiger partial charge on any atom is 0.407 e. The first-order chi connectivity index (χ1) is 16.9. The number of nitrogens with one attached hydrogen (secondary N) is 2. The first-order valence-electron chi connectivity index (χ1n) is 11.1. The van der Waals surface area contributed by atoms with E-state index in [1.165, 1.54) is 18.0 Å². The van der Waals surface area contributed by atoms with Gasteiger partial charge >= 0.3 is 12.1 Å². The van der Waals surface area contributed by atoms with Gasteiger partial charge in [0.05, 0.1) is 0 Å². The number of aryl methyl sites for hydroxylation is 1. The Morgan fingerprint density at radius 1 is 1.09 bits per heavy atom. The zero-order chi connectivity index (χ0) is 24.9. The third-order valence-electron chi connectivity index (χ3n) is 5.90. The van der Waals surface area contributed by atoms with Crippen LogP contribution in [0.5, 0.6) is 0 Å². The van der Waals surface area contributed by atoms with Crippen molar-refractivity contribution in [3.63, 3.8) is 0 Å². The first kappa shape index (κ1) is 24.0. The molecule has 2 aromatic carbocycles. The van der Waals surface area contributed by atoms with Crippen LogP contribution in [0.1, 0.15) is 33.8 Å². The summed E-state index contributed by atoms with van der Waals surface area (Å²) in [5.41, 5.74) is 4.39. The molecule has 4 rings (SSSR count). The Hall–Kier alpha value is -4.18. The summed E-state index contributed by atoms with van der Waals surface area (Å²) in [6, 6.07) is 16.1. The number of ether oxygens (including phenoxy) is 2. The molecule has 1 heterocycles. The number of hydrogen-bond acceptors (Lipinski definition) is 6. The topological polar surface area (TPSA) is 132 Å². The highest BCUT2D eigenvalue weighted by molar-refractivity contribution is 6.00. The Morgan fingerprint density at radius 2 is 1.71 bits per heavy atom. The normalized spacial score (nSPS) is 13.0. The second kappa shape index (κ2) is 10.4. The Morgan fingerprint density at radius 3 is 2.31 bits per heavy atom. The molecule has 0 saturated heterocycles. The Bertz CT molecular complexity index is 1210. The number of fused-ring (bicyclic) bond motifs is 3. The van der Waals surface area contributed by atoms with Gasteiger partial charge in [-0.25, -0.2) is 9.59 Å². The number of carbonyl (C=O) groups excluding carboxylic acids is 2. The minimum atomic E-state index is -1.21. The standard InChI is InChI=1S/C25H26N4O6/c1-29-13-19(24(31)32)22(28-29)27-23(30)21(34-2)11-12-26-25(33)35-14-20-17-9-5-3-7-15(17)16-8-4-6-10-18(16)20/h3-10,13,20-21H,11-12,14H2,1-2H3,(H,26,33)(H,31,32)(H,27,28,30). The third-order valence-corrected chi connectivity index (χ3v) is 5.90. The summed E-state index contributed by atoms with van der Waals surface area (Å²) in [5.74, 6) is -1.90. The van der Waals surface area contributed by atoms with E-state index in [1.54, 1.807) is 7.05 Å². The van der Waals surface area contributed by atoms with Crippen molar-refractivity contribution < 1.29 is 29.0 Å². The number of alkyl carbamates (subject to hydrolysis) is 1. The molecule has 182 valence electrons. The van der Waals surface area contributed by atoms with Crippen molar-refractivity contribution in [2.75, 3.05) is 25.6 Å². The molecule has 35 heavy (non-hydrogen) atoms. The van der Waals surface area contributed by atoms with Gasteiger partial charge in [0.2, 0.25) is 0 Å². The number of carboxylic acids is 1. The number of hydrogen-bond donors (Lipinski definition) is 3. The predicted octanol–water partition coefficient (Wildman–Crippen LogP) is 3.00. The minimum absolute atomic E-state index is 0.0487. The summed E-state index contributed by atoms with van der Waals surface area (Å²) < 4.78 is 12.0. The summed E-state index contributed by atoms with van der Waals surface area (Å²) in [4.78, 5) is 36.1. The molecule has 0 saturated carbocycles. The molecule has 3 N–H and O–H groups in total. The largest absolute Gasteiger partial charge is 0.477 e. The number of carbonyl (C=O) groups is 3. The molecule has 1 aliphatic rings. The molecular weight excluding hydrogens is 452 g/mol. The van der Waals surface area contributed by atoms with Gasteiger partial charge in [-0.05, 0) is 22.3 Å². The molecule has 0 bridgehead atoms. The maximum absolute atomic E-state index is 12.5. The zero-order valence-electron chi connectivity index (χ0n) is 19.4. The van der Waals surface area contributed by atoms with Gasteiger partial charge in [0.25, 0.3) is 5.91 Å². The molecular formula is C25H26N4O6. The van der Waals surface area contributed by atoms with Crippen LogP contribution in [-0.4, -0.2) is 59.2 Å². The quantitative estimate of drug-likeness (QED) is 0.431. The van der Waals surface area contributed by atoms with Crippen molar-refractivity contribution in [1.82, 2.24) is 15.1 Å². The molecule has 2 amide bonds. The average molecular weight is 479 g/mol. The van der Waals surface area contributed by atoms with Crippen molar-refractivity contribution in [1.29, 1.82) is 0 Å². The molecule has 1 unspecified atom stereocenters. The minimum Gasteiger partial charge on any atom is -0.477 e. The smallest absolute Gasteiger partial charge is 0.407 e. The molecule has 0 aliphatic heterocycles. The van der Waals surface area contributed by atoms with Gasteiger partial charge in [-0.2, -0.15) is 5.10 Å². The lowest BCUT2D eigenvalue weighted by molar-refractivity contribution is -0.126. The zero-order valence-corrected chi connectivity index (χ0v) is 19.4. The molecule has 0 fully saturated rings. The van der Waals surface area contributed by atoms with Crippen LogP contribution in [0.15, 0.2) is 54.7 Å². The lowest BCUT2D eigenvalue weighted by Gasteiger charge is -2.16. The van der Waals surface area contributed by atoms with Crippen molar-refractivity contribution in [2.45, 2.75) is 18.4 Å². The lowest BCUT2D eigenvalue weighted by Crippen LogP contribution is -2.35. The van der Waals surface area contributed by atoms with Gasteiger partial charge < -0.3 is 25.2 Å². The van der Waals surface area contributed by atoms with Gasteiger partial charge in [-0.3, -0.25) is 9.48 Å². The highest BCUT2D eigenvalue weighted by atomic mass is 16.5. The number of rotatable bonds is 9. The maximum atomic E-state index is 12.5. The number of anilines is 1. The van der Waals surface area contributed by atoms with E-state index in [0.717, 1.165) is 22.3 Å². The predicted molar refractivity (Wildman–Crippen MR) is 127 cm³/mol. The van der Waals surface area contributed by atoms with E-state index in [9.17, 15) is 19.5 Å². The van der Waals surface area contributed by atoms with Gasteiger partial charge in [0.15, 0.2) is 5.82 Å². The Kier molecular flexibility index (Phi) is 7.11. The summed E-state index contributed by atoms with van der Waals surface area (Å²) in [6.45, 7) is 0.308. The molecule has 0 spiro atoms. The number of aromatic nitrogens is 2. The molecule has 1 aliphatic carbocycles. The fraction of sp³-hybridized carbons (Fsp3) is 0.280. The highest BCUT2D eigenvalue weighted by Crippen LogP contribution is 2.44. The Balaban J connectivity index is 1.28. The van der Waals surface area contributed by atoms with Crippen molar-refractivity contribution in [3.8, 4) is 11.1 Å². The van der Waals surface area contributed by atoms with Crippen molar-refractivity contribution in [3.05, 3.63) is 71.4 Å². The number of carboxylic acid groups (broad SMARTS) is 1. The Labute approximate surface area is 201 Å². The SMILES string of the molecule is COC(CCNC(=O)OCC1c2ccccc2-c2ccccc21)C(=O)Nc1nn(C)cc1C(=O)O. The van der Waals surface area contributed by atoms with E-state index >= 15 is 0 Å². The number of nitrogens with zero attached hydrogens (tertiary/aromatic N) is 2. The van der Waals surface area contributed by atoms with Gasteiger partial charge in [0.1, 0.15) is 18.3 Å². The summed E-state index contributed by atoms with van der Waals surface area (Å²) in [7, 11) is 2.91. The fourth-order valence-electron chi connectivity index (χ4n) is 4.25. The van der Waals surface area contributed by atoms with E-state index in [0.29, 0.717) is 0 Å². The highest BCUT2D eigenvalue weighted by Gasteiger charge is 2.29. The van der Waals surface area contributed by atoms with Crippen LogP contribution in [0.2, 0.25) is 0 Å². The molecule has 3 aromatic rings. The number of benzene rings is 2. The third kappa shape index (κ3) is 5.17. The molecule has 10 nitrogen and oxygen atoms in total. The van der Waals surface area contributed by atoms with Crippen LogP contribution < -0.4 is 10.6 Å². The molecule has 10 heteroatoms. The average Bonchev–Trinajstić information content (AvgIpc) is 3.38. The fourth-order valence-corrected chi connectivity index (χ4v) is 4.25. The van der Waals surface area contributed by atoms with Gasteiger partial charge in [0, 0.05) is 39.2 Å². The van der Waals surface area contributed by atoms with E-state index in [1.807, 2.05) is 36.4 Å². The second-order valence-electron chi connectivity index (χ2n) is 8.12. The van der Waals surface area contributed by atoms with Crippen LogP contribution in [0.3, 0.4) is 0 Å². The molecule has 1 atom stereocenters. The summed E-state index contributed by atoms with van der Waals surface area (Å²) >= 11 is 0. The van der Waals surface area contributed by atoms with E-state index in [2.05, 4.69) is 27.9 Å². The van der Waals surface area contributed by atoms with Crippen LogP contribution in [0, 0.1) is 0 Å². The van der Waals surface area contributed by atoms with Crippen molar-refractivity contribution in [2.24, 2.45) is 7.05 Å². The van der Waals surface area contributed by atoms with Crippen LogP contribution >= 0.6 is 0 Å². The van der Waals surface area contributed by atoms with Crippen LogP contribution in [-0.2, 0) is 21.3 Å². The van der Waals surface area contributed by atoms with Crippen LogP contribution in [0.4, 0.5) is 10.6 Å². The number of amides is 2. The summed E-state index contributed by atoms with van der Waals surface area (Å²) in [5, 5.41) is 18.3. The number of methoxy groups -OCH3 is 1. The van der Waals surface area contributed by atoms with Crippen LogP contribution in [0.25, 0.3) is 11.1 Å². The second-order valence-corrected chi connectivity index (χ2v) is 8.12. The monoisotopic (exact) mass is 478 g/mol. The number of aromatic carboxylic acids is 1. The van der Waals surface area contributed by atoms with E-state index in [4.69, 9.17) is 9.47 Å². The molecule has 0 radical (unpaired) electrons. The van der Waals surface area contributed by atoms with E-state index in [-0.39, 0.29) is 36.9 Å². The summed E-state index contributed by atoms with van der Waals surface area (Å²) in [6.07, 6.45) is -0.0761. The van der Waals surface area contributed by atoms with E-state index < -0.39 is 24.1 Å². The van der Waals surface area contributed by atoms with Gasteiger partial charge in [-0.1, -0.05) is 48.5 Å². The van der Waals surface area contributed by atoms with Crippen molar-refractivity contribution >= 4 is 23.8 Å². The molecule has 1 aromatic heterocycles.